The number of hydrogen-bond donors (Lipinski definition) is 0. The van der Waals surface area contributed by atoms with Gasteiger partial charge in [-0.2, -0.15) is 5.10 Å². The molecule has 0 radical (unpaired) electrons. The van der Waals surface area contributed by atoms with Gasteiger partial charge in [0.2, 0.25) is 5.91 Å². The van der Waals surface area contributed by atoms with Crippen molar-refractivity contribution in [2.45, 2.75) is 68.7 Å². The molecule has 0 unspecified atom stereocenters. The van der Waals surface area contributed by atoms with Gasteiger partial charge in [-0.1, -0.05) is 43.2 Å². The van der Waals surface area contributed by atoms with E-state index in [1.807, 2.05) is 22.8 Å². The van der Waals surface area contributed by atoms with Crippen LogP contribution in [0.1, 0.15) is 74.7 Å². The first kappa shape index (κ1) is 21.4. The van der Waals surface area contributed by atoms with E-state index < -0.39 is 5.41 Å². The lowest BCUT2D eigenvalue weighted by atomic mass is 9.72. The summed E-state index contributed by atoms with van der Waals surface area (Å²) in [6.45, 7) is 2.68. The second kappa shape index (κ2) is 8.85. The first-order valence-corrected chi connectivity index (χ1v) is 12.2. The third kappa shape index (κ3) is 3.70. The molecule has 1 amide bonds. The summed E-state index contributed by atoms with van der Waals surface area (Å²) in [6.07, 6.45) is 7.68. The number of hydrogen-bond acceptors (Lipinski definition) is 4. The number of amides is 1. The molecule has 7 nitrogen and oxygen atoms in total. The maximum absolute atomic E-state index is 13.8. The number of benzene rings is 1. The van der Waals surface area contributed by atoms with Crippen LogP contribution in [0.5, 0.6) is 0 Å². The van der Waals surface area contributed by atoms with Crippen LogP contribution in [0.4, 0.5) is 0 Å². The van der Waals surface area contributed by atoms with Crippen LogP contribution in [0, 0.1) is 0 Å². The van der Waals surface area contributed by atoms with Gasteiger partial charge in [-0.25, -0.2) is 9.48 Å². The first-order valence-electron chi connectivity index (χ1n) is 12.2. The number of carbonyl (C=O) groups is 1. The van der Waals surface area contributed by atoms with E-state index in [4.69, 9.17) is 4.74 Å². The molecule has 5 rings (SSSR count). The van der Waals surface area contributed by atoms with Gasteiger partial charge < -0.3 is 9.64 Å². The molecule has 172 valence electrons. The molecule has 3 fully saturated rings. The monoisotopic (exact) mass is 438 g/mol. The lowest BCUT2D eigenvalue weighted by molar-refractivity contribution is -0.142. The number of aromatic nitrogens is 3. The summed E-state index contributed by atoms with van der Waals surface area (Å²) in [5, 5.41) is 4.65. The fraction of sp³-hybridized carbons (Fsp3) is 0.640. The smallest absolute Gasteiger partial charge is 0.345 e. The highest BCUT2D eigenvalue weighted by molar-refractivity contribution is 5.88. The molecule has 0 bridgehead atoms. The molecule has 3 aliphatic rings. The van der Waals surface area contributed by atoms with E-state index in [9.17, 15) is 9.59 Å². The average Bonchev–Trinajstić information content (AvgIpc) is 3.48. The van der Waals surface area contributed by atoms with Crippen molar-refractivity contribution >= 4 is 5.91 Å². The highest BCUT2D eigenvalue weighted by Crippen LogP contribution is 2.39. The third-order valence-corrected chi connectivity index (χ3v) is 7.90. The van der Waals surface area contributed by atoms with E-state index in [-0.39, 0.29) is 23.6 Å². The van der Waals surface area contributed by atoms with Crippen LogP contribution in [-0.4, -0.2) is 51.5 Å². The Bertz CT molecular complexity index is 992. The lowest BCUT2D eigenvalue weighted by Crippen LogP contribution is -2.52. The van der Waals surface area contributed by atoms with Gasteiger partial charge in [0.1, 0.15) is 5.82 Å². The molecule has 2 aromatic rings. The van der Waals surface area contributed by atoms with Gasteiger partial charge in [0.15, 0.2) is 0 Å². The molecule has 1 aromatic carbocycles. The molecule has 1 saturated carbocycles. The van der Waals surface area contributed by atoms with Crippen molar-refractivity contribution in [3.8, 4) is 0 Å². The van der Waals surface area contributed by atoms with Gasteiger partial charge >= 0.3 is 5.69 Å². The SMILES string of the molecule is Cn1nc(C2CCN(C(=O)C3(c4ccccc4)CCOCC3)CC2)n(C2CCCC2)c1=O. The Morgan fingerprint density at radius 3 is 2.34 bits per heavy atom. The molecule has 0 atom stereocenters. The van der Waals surface area contributed by atoms with Crippen molar-refractivity contribution < 1.29 is 9.53 Å². The number of nitrogens with zero attached hydrogens (tertiary/aromatic N) is 4. The van der Waals surface area contributed by atoms with E-state index >= 15 is 0 Å². The Morgan fingerprint density at radius 2 is 1.69 bits per heavy atom. The second-order valence-corrected chi connectivity index (χ2v) is 9.70. The number of rotatable bonds is 4. The molecule has 1 aromatic heterocycles. The number of ether oxygens (including phenoxy) is 1. The quantitative estimate of drug-likeness (QED) is 0.735. The van der Waals surface area contributed by atoms with Crippen LogP contribution in [0.25, 0.3) is 0 Å². The maximum Gasteiger partial charge on any atom is 0.345 e. The van der Waals surface area contributed by atoms with Crippen LogP contribution in [-0.2, 0) is 22.0 Å². The predicted octanol–water partition coefficient (Wildman–Crippen LogP) is 3.15. The summed E-state index contributed by atoms with van der Waals surface area (Å²) in [6, 6.07) is 10.5. The molecule has 32 heavy (non-hydrogen) atoms. The number of carbonyl (C=O) groups excluding carboxylic acids is 1. The maximum atomic E-state index is 13.8. The summed E-state index contributed by atoms with van der Waals surface area (Å²) in [5.74, 6) is 1.40. The van der Waals surface area contributed by atoms with E-state index in [1.54, 1.807) is 7.05 Å². The van der Waals surface area contributed by atoms with Gasteiger partial charge in [0.25, 0.3) is 0 Å². The van der Waals surface area contributed by atoms with Gasteiger partial charge in [-0.15, -0.1) is 0 Å². The molecular weight excluding hydrogens is 404 g/mol. The fourth-order valence-electron chi connectivity index (χ4n) is 6.03. The molecule has 2 aliphatic heterocycles. The Morgan fingerprint density at radius 1 is 1.03 bits per heavy atom. The highest BCUT2D eigenvalue weighted by atomic mass is 16.5. The number of aryl methyl sites for hydroxylation is 1. The molecule has 7 heteroatoms. The summed E-state index contributed by atoms with van der Waals surface area (Å²) in [4.78, 5) is 28.7. The van der Waals surface area contributed by atoms with Gasteiger partial charge in [0, 0.05) is 45.3 Å². The van der Waals surface area contributed by atoms with Gasteiger partial charge in [-0.05, 0) is 44.1 Å². The largest absolute Gasteiger partial charge is 0.381 e. The van der Waals surface area contributed by atoms with Crippen molar-refractivity contribution in [2.24, 2.45) is 7.05 Å². The third-order valence-electron chi connectivity index (χ3n) is 7.90. The van der Waals surface area contributed by atoms with Crippen molar-refractivity contribution in [2.75, 3.05) is 26.3 Å². The van der Waals surface area contributed by atoms with E-state index in [0.717, 1.165) is 49.9 Å². The van der Waals surface area contributed by atoms with Crippen LogP contribution in [0.2, 0.25) is 0 Å². The summed E-state index contributed by atoms with van der Waals surface area (Å²) in [7, 11) is 1.75. The zero-order chi connectivity index (χ0) is 22.1. The summed E-state index contributed by atoms with van der Waals surface area (Å²) >= 11 is 0. The van der Waals surface area contributed by atoms with Crippen molar-refractivity contribution in [3.05, 3.63) is 52.2 Å². The minimum absolute atomic E-state index is 0.00985. The van der Waals surface area contributed by atoms with Crippen LogP contribution >= 0.6 is 0 Å². The van der Waals surface area contributed by atoms with Crippen LogP contribution in [0.15, 0.2) is 35.1 Å². The molecule has 1 aliphatic carbocycles. The Balaban J connectivity index is 1.34. The second-order valence-electron chi connectivity index (χ2n) is 9.70. The number of piperidine rings is 1. The standard InChI is InChI=1S/C25H34N4O3/c1-27-24(31)29(21-9-5-6-10-21)22(26-27)19-11-15-28(16-12-19)23(30)25(13-17-32-18-14-25)20-7-3-2-4-8-20/h2-4,7-8,19,21H,5-6,9-18H2,1H3. The molecular formula is C25H34N4O3. The molecule has 0 N–H and O–H groups in total. The van der Waals surface area contributed by atoms with Crippen LogP contribution < -0.4 is 5.69 Å². The average molecular weight is 439 g/mol. The Hall–Kier alpha value is -2.41. The molecule has 0 spiro atoms. The highest BCUT2D eigenvalue weighted by Gasteiger charge is 2.45. The van der Waals surface area contributed by atoms with Crippen LogP contribution in [0.3, 0.4) is 0 Å². The van der Waals surface area contributed by atoms with E-state index in [0.29, 0.717) is 26.3 Å². The minimum atomic E-state index is -0.483. The van der Waals surface area contributed by atoms with Gasteiger partial charge in [-0.3, -0.25) is 9.36 Å². The zero-order valence-corrected chi connectivity index (χ0v) is 19.0. The summed E-state index contributed by atoms with van der Waals surface area (Å²) in [5.41, 5.74) is 0.634. The molecule has 2 saturated heterocycles. The predicted molar refractivity (Wildman–Crippen MR) is 122 cm³/mol. The van der Waals surface area contributed by atoms with Gasteiger partial charge in [0.05, 0.1) is 5.41 Å². The normalized spacial score (nSPS) is 22.3. The first-order chi connectivity index (χ1) is 15.6. The van der Waals surface area contributed by atoms with Crippen molar-refractivity contribution in [1.29, 1.82) is 0 Å². The fourth-order valence-corrected chi connectivity index (χ4v) is 6.03. The Labute approximate surface area is 189 Å². The van der Waals surface area contributed by atoms with E-state index in [2.05, 4.69) is 22.1 Å². The van der Waals surface area contributed by atoms with E-state index in [1.165, 1.54) is 17.5 Å². The lowest BCUT2D eigenvalue weighted by Gasteiger charge is -2.42. The molecule has 3 heterocycles. The topological polar surface area (TPSA) is 69.4 Å². The Kier molecular flexibility index (Phi) is 5.93. The zero-order valence-electron chi connectivity index (χ0n) is 19.0. The van der Waals surface area contributed by atoms with Crippen molar-refractivity contribution in [1.82, 2.24) is 19.2 Å². The number of likely N-dealkylation sites (tertiary alicyclic amines) is 1. The van der Waals surface area contributed by atoms with Crippen molar-refractivity contribution in [3.63, 3.8) is 0 Å². The summed E-state index contributed by atoms with van der Waals surface area (Å²) < 4.78 is 9.09. The minimum Gasteiger partial charge on any atom is -0.381 e.